The first kappa shape index (κ1) is 54.0. The molecule has 3 rings (SSSR count). The molecule has 10 nitrogen and oxygen atoms in total. The van der Waals surface area contributed by atoms with Gasteiger partial charge in [0.05, 0.1) is 18.3 Å². The summed E-state index contributed by atoms with van der Waals surface area (Å²) in [4.78, 5) is 49.5. The van der Waals surface area contributed by atoms with Gasteiger partial charge in [0.25, 0.3) is 5.56 Å². The third-order valence-corrected chi connectivity index (χ3v) is 10.5. The van der Waals surface area contributed by atoms with E-state index in [1.54, 1.807) is 4.57 Å². The number of carbonyl (C=O) groups is 2. The number of aromatic nitrogens is 4. The lowest BCUT2D eigenvalue weighted by molar-refractivity contribution is -0.153. The van der Waals surface area contributed by atoms with Gasteiger partial charge < -0.3 is 19.8 Å². The number of aromatic amines is 1. The summed E-state index contributed by atoms with van der Waals surface area (Å²) in [5, 5.41) is 0. The number of esters is 2. The van der Waals surface area contributed by atoms with Gasteiger partial charge in [0, 0.05) is 19.3 Å². The molecule has 2 aromatic rings. The molecule has 0 saturated heterocycles. The molecule has 0 spiro atoms. The maximum absolute atomic E-state index is 13.1. The maximum atomic E-state index is 13.1. The van der Waals surface area contributed by atoms with Crippen LogP contribution in [0.2, 0.25) is 0 Å². The van der Waals surface area contributed by atoms with Crippen LogP contribution in [0, 0.1) is 5.92 Å². The molecule has 1 aliphatic rings. The van der Waals surface area contributed by atoms with Gasteiger partial charge in [-0.3, -0.25) is 19.4 Å². The lowest BCUT2D eigenvalue weighted by Gasteiger charge is -2.20. The molecule has 0 bridgehead atoms. The van der Waals surface area contributed by atoms with E-state index in [0.29, 0.717) is 30.5 Å². The van der Waals surface area contributed by atoms with E-state index in [2.05, 4.69) is 157 Å². The second kappa shape index (κ2) is 35.0. The average molecular weight is 898 g/mol. The molecule has 3 atom stereocenters. The SMILES string of the molecule is C=C1[C@H](COC(=O)CC/C=C\C/C=C\C/C=C\C/C=C\C/C=C\C/C=C\CC)[C@@H](OC(=O)CCC=CC/C=C\C/C=C\C/C=C\C/C=C\C/C=C\CC)C[C@@H]1n1cnc2c(=O)[nH]c(N)nc21. The van der Waals surface area contributed by atoms with Crippen molar-refractivity contribution in [2.45, 2.75) is 135 Å². The fourth-order valence-electron chi connectivity index (χ4n) is 6.99. The van der Waals surface area contributed by atoms with E-state index in [0.717, 1.165) is 77.0 Å². The van der Waals surface area contributed by atoms with E-state index >= 15 is 0 Å². The van der Waals surface area contributed by atoms with Crippen LogP contribution in [0.25, 0.3) is 11.2 Å². The Hall–Kier alpha value is -6.29. The Kier molecular flexibility index (Phi) is 28.7. The molecule has 354 valence electrons. The standard InChI is InChI=1S/C56H75N5O5/c1-4-6-8-10-12-14-16-18-20-22-24-26-28-30-32-34-36-38-40-42-51(62)65-45-48-47(3)49(61-46-58-53-54(61)59-56(57)60-55(53)64)44-50(48)66-52(63)43-41-39-37-35-33-31-29-27-25-23-21-19-17-15-13-11-9-7-5-2/h6-9,12-15,18-21,24-27,30-33,36-39,46,48-50H,3-5,10-11,16-17,22-23,28-29,34-35,40-45H2,1-2H3,(H3,57,59,60,64)/b8-6-,9-7-,14-12-,15-13-,20-18-,21-19-,26-24-,27-25-,32-30-,33-31-,38-36-,39-37?/t48-,49-,50-/m0/s1. The predicted octanol–water partition coefficient (Wildman–Crippen LogP) is 13.2. The van der Waals surface area contributed by atoms with Crippen molar-refractivity contribution < 1.29 is 19.1 Å². The van der Waals surface area contributed by atoms with Crippen molar-refractivity contribution in [2.24, 2.45) is 5.92 Å². The molecule has 1 fully saturated rings. The first-order chi connectivity index (χ1) is 32.3. The van der Waals surface area contributed by atoms with E-state index in [1.165, 1.54) is 6.33 Å². The van der Waals surface area contributed by atoms with Crippen molar-refractivity contribution in [1.29, 1.82) is 0 Å². The molecule has 0 unspecified atom stereocenters. The van der Waals surface area contributed by atoms with Crippen molar-refractivity contribution in [3.63, 3.8) is 0 Å². The lowest BCUT2D eigenvalue weighted by atomic mass is 10.0. The number of imidazole rings is 1. The van der Waals surface area contributed by atoms with Gasteiger partial charge in [0.2, 0.25) is 5.95 Å². The van der Waals surface area contributed by atoms with Crippen LogP contribution in [0.1, 0.15) is 129 Å². The zero-order chi connectivity index (χ0) is 47.3. The van der Waals surface area contributed by atoms with Crippen molar-refractivity contribution in [3.05, 3.63) is 175 Å². The molecular weight excluding hydrogens is 823 g/mol. The average Bonchev–Trinajstić information content (AvgIpc) is 3.86. The minimum Gasteiger partial charge on any atom is -0.465 e. The summed E-state index contributed by atoms with van der Waals surface area (Å²) in [5.74, 6) is -1.19. The Morgan fingerprint density at radius 2 is 1.05 bits per heavy atom. The van der Waals surface area contributed by atoms with Crippen LogP contribution in [0.3, 0.4) is 0 Å². The fraction of sp³-hybridized carbons (Fsp3) is 0.411. The van der Waals surface area contributed by atoms with Gasteiger partial charge in [-0.15, -0.1) is 0 Å². The largest absolute Gasteiger partial charge is 0.465 e. The molecule has 0 radical (unpaired) electrons. The number of anilines is 1. The molecule has 2 aromatic heterocycles. The van der Waals surface area contributed by atoms with Crippen LogP contribution < -0.4 is 11.3 Å². The van der Waals surface area contributed by atoms with Crippen LogP contribution in [-0.2, 0) is 19.1 Å². The Balaban J connectivity index is 1.41. The summed E-state index contributed by atoms with van der Waals surface area (Å²) < 4.78 is 13.5. The van der Waals surface area contributed by atoms with E-state index in [4.69, 9.17) is 15.2 Å². The minimum atomic E-state index is -0.603. The topological polar surface area (TPSA) is 142 Å². The Labute approximate surface area is 394 Å². The van der Waals surface area contributed by atoms with Crippen molar-refractivity contribution in [1.82, 2.24) is 19.5 Å². The highest BCUT2D eigenvalue weighted by Crippen LogP contribution is 2.42. The number of nitrogens with two attached hydrogens (primary N) is 1. The van der Waals surface area contributed by atoms with Crippen molar-refractivity contribution in [2.75, 3.05) is 12.3 Å². The summed E-state index contributed by atoms with van der Waals surface area (Å²) in [6, 6.07) is -0.410. The van der Waals surface area contributed by atoms with E-state index in [9.17, 15) is 14.4 Å². The number of rotatable bonds is 32. The van der Waals surface area contributed by atoms with Gasteiger partial charge in [-0.1, -0.05) is 166 Å². The zero-order valence-corrected chi connectivity index (χ0v) is 39.6. The normalized spacial score (nSPS) is 17.6. The number of H-pyrrole nitrogens is 1. The summed E-state index contributed by atoms with van der Waals surface area (Å²) in [6.45, 7) is 8.63. The third-order valence-electron chi connectivity index (χ3n) is 10.5. The van der Waals surface area contributed by atoms with Gasteiger partial charge >= 0.3 is 11.9 Å². The molecule has 1 saturated carbocycles. The molecule has 0 aromatic carbocycles. The lowest BCUT2D eigenvalue weighted by Crippen LogP contribution is -2.27. The summed E-state index contributed by atoms with van der Waals surface area (Å²) in [7, 11) is 0. The second-order valence-electron chi connectivity index (χ2n) is 15.8. The number of nitrogen functional groups attached to an aromatic ring is 1. The van der Waals surface area contributed by atoms with E-state index in [1.807, 2.05) is 24.3 Å². The maximum Gasteiger partial charge on any atom is 0.306 e. The van der Waals surface area contributed by atoms with E-state index < -0.39 is 23.6 Å². The Morgan fingerprint density at radius 3 is 1.47 bits per heavy atom. The molecule has 66 heavy (non-hydrogen) atoms. The number of ether oxygens (including phenoxy) is 2. The second-order valence-corrected chi connectivity index (χ2v) is 15.8. The van der Waals surface area contributed by atoms with Crippen molar-refractivity contribution >= 4 is 29.1 Å². The van der Waals surface area contributed by atoms with Crippen LogP contribution in [0.15, 0.2) is 169 Å². The predicted molar refractivity (Wildman–Crippen MR) is 275 cm³/mol. The van der Waals surface area contributed by atoms with Gasteiger partial charge in [-0.2, -0.15) is 4.98 Å². The van der Waals surface area contributed by atoms with Crippen LogP contribution >= 0.6 is 0 Å². The number of fused-ring (bicyclic) bond motifs is 1. The smallest absolute Gasteiger partial charge is 0.306 e. The minimum absolute atomic E-state index is 0.00575. The molecule has 2 heterocycles. The Morgan fingerprint density at radius 1 is 0.652 bits per heavy atom. The number of nitrogens with one attached hydrogen (secondary N) is 1. The summed E-state index contributed by atoms with van der Waals surface area (Å²) in [5.41, 5.74) is 6.56. The molecule has 0 aliphatic heterocycles. The zero-order valence-electron chi connectivity index (χ0n) is 39.6. The molecule has 10 heteroatoms. The first-order valence-corrected chi connectivity index (χ1v) is 23.9. The molecule has 0 amide bonds. The number of carbonyl (C=O) groups excluding carboxylic acids is 2. The number of hydrogen-bond acceptors (Lipinski definition) is 8. The van der Waals surface area contributed by atoms with Crippen molar-refractivity contribution in [3.8, 4) is 0 Å². The van der Waals surface area contributed by atoms with Crippen LogP contribution in [-0.4, -0.2) is 44.2 Å². The fourth-order valence-corrected chi connectivity index (χ4v) is 6.99. The molecule has 3 N–H and O–H groups in total. The third kappa shape index (κ3) is 23.1. The summed E-state index contributed by atoms with van der Waals surface area (Å²) in [6.07, 6.45) is 65.6. The highest BCUT2D eigenvalue weighted by molar-refractivity contribution is 5.72. The molecular formula is C56H75N5O5. The number of nitrogens with zero attached hydrogens (tertiary/aromatic N) is 3. The first-order valence-electron chi connectivity index (χ1n) is 23.9. The van der Waals surface area contributed by atoms with Gasteiger partial charge in [0.1, 0.15) is 12.7 Å². The Bertz CT molecular complexity index is 2170. The molecule has 1 aliphatic carbocycles. The van der Waals surface area contributed by atoms with Crippen LogP contribution in [0.5, 0.6) is 0 Å². The number of hydrogen-bond donors (Lipinski definition) is 2. The highest BCUT2D eigenvalue weighted by atomic mass is 16.6. The van der Waals surface area contributed by atoms with Crippen LogP contribution in [0.4, 0.5) is 5.95 Å². The van der Waals surface area contributed by atoms with Gasteiger partial charge in [-0.05, 0) is 95.5 Å². The van der Waals surface area contributed by atoms with E-state index in [-0.39, 0.29) is 42.9 Å². The quantitative estimate of drug-likeness (QED) is 0.0546. The summed E-state index contributed by atoms with van der Waals surface area (Å²) >= 11 is 0. The number of allylic oxidation sites excluding steroid dienone is 24. The monoisotopic (exact) mass is 898 g/mol. The van der Waals surface area contributed by atoms with Gasteiger partial charge in [-0.25, -0.2) is 4.98 Å². The van der Waals surface area contributed by atoms with Gasteiger partial charge in [0.15, 0.2) is 11.2 Å². The highest BCUT2D eigenvalue weighted by Gasteiger charge is 2.42.